The zero-order valence-electron chi connectivity index (χ0n) is 8.91. The first-order chi connectivity index (χ1) is 8.10. The highest BCUT2D eigenvalue weighted by Gasteiger charge is 2.22. The zero-order valence-corrected chi connectivity index (χ0v) is 8.91. The van der Waals surface area contributed by atoms with Gasteiger partial charge in [-0.25, -0.2) is 9.97 Å². The van der Waals surface area contributed by atoms with Crippen LogP contribution in [0.4, 0.5) is 17.3 Å². The molecule has 5 N–H and O–H groups in total. The van der Waals surface area contributed by atoms with E-state index >= 15 is 0 Å². The fourth-order valence-electron chi connectivity index (χ4n) is 1.24. The van der Waals surface area contributed by atoms with Crippen LogP contribution < -0.4 is 11.1 Å². The Morgan fingerprint density at radius 1 is 1.53 bits per heavy atom. The molecule has 0 bridgehead atoms. The minimum absolute atomic E-state index is 0.0741. The summed E-state index contributed by atoms with van der Waals surface area (Å²) in [6, 6.07) is -0.534. The van der Waals surface area contributed by atoms with Gasteiger partial charge in [0.25, 0.3) is 0 Å². The molecule has 1 unspecified atom stereocenters. The normalized spacial score (nSPS) is 12.1. The second-order valence-electron chi connectivity index (χ2n) is 3.25. The maximum atomic E-state index is 10.8. The fraction of sp³-hybridized carbons (Fsp3) is 0.500. The molecule has 1 aromatic rings. The number of nitrogen functional groups attached to an aromatic ring is 1. The minimum atomic E-state index is -0.703. The van der Waals surface area contributed by atoms with Crippen molar-refractivity contribution in [1.29, 1.82) is 0 Å². The third kappa shape index (κ3) is 3.23. The monoisotopic (exact) mass is 243 g/mol. The summed E-state index contributed by atoms with van der Waals surface area (Å²) in [6.45, 7) is -0.450. The van der Waals surface area contributed by atoms with Gasteiger partial charge in [-0.05, 0) is 6.42 Å². The third-order valence-electron chi connectivity index (χ3n) is 2.07. The maximum absolute atomic E-state index is 10.8. The molecule has 1 aromatic heterocycles. The minimum Gasteiger partial charge on any atom is -0.396 e. The van der Waals surface area contributed by atoms with Crippen LogP contribution in [0.25, 0.3) is 0 Å². The Labute approximate surface area is 96.5 Å². The molecule has 17 heavy (non-hydrogen) atoms. The zero-order chi connectivity index (χ0) is 12.8. The van der Waals surface area contributed by atoms with E-state index in [1.807, 2.05) is 0 Å². The fourth-order valence-corrected chi connectivity index (χ4v) is 1.24. The average Bonchev–Trinajstić information content (AvgIpc) is 2.28. The van der Waals surface area contributed by atoms with Gasteiger partial charge < -0.3 is 21.3 Å². The van der Waals surface area contributed by atoms with Crippen molar-refractivity contribution in [2.75, 3.05) is 24.3 Å². The molecule has 1 rings (SSSR count). The van der Waals surface area contributed by atoms with Crippen LogP contribution in [0, 0.1) is 10.1 Å². The van der Waals surface area contributed by atoms with Gasteiger partial charge in [0.1, 0.15) is 6.33 Å². The summed E-state index contributed by atoms with van der Waals surface area (Å²) >= 11 is 0. The first-order valence-corrected chi connectivity index (χ1v) is 4.83. The van der Waals surface area contributed by atoms with E-state index in [1.165, 1.54) is 0 Å². The molecule has 1 atom stereocenters. The number of aliphatic hydroxyl groups is 2. The third-order valence-corrected chi connectivity index (χ3v) is 2.07. The Hall–Kier alpha value is -2.00. The smallest absolute Gasteiger partial charge is 0.352 e. The van der Waals surface area contributed by atoms with Gasteiger partial charge >= 0.3 is 5.69 Å². The molecule has 0 saturated heterocycles. The molecular formula is C8H13N5O4. The number of aliphatic hydroxyl groups excluding tert-OH is 2. The molecule has 1 heterocycles. The number of hydrogen-bond donors (Lipinski definition) is 4. The highest BCUT2D eigenvalue weighted by molar-refractivity contribution is 5.67. The number of anilines is 2. The number of hydrogen-bond acceptors (Lipinski definition) is 8. The molecule has 0 aliphatic carbocycles. The van der Waals surface area contributed by atoms with E-state index in [2.05, 4.69) is 15.3 Å². The largest absolute Gasteiger partial charge is 0.396 e. The van der Waals surface area contributed by atoms with Crippen LogP contribution in [-0.2, 0) is 0 Å². The molecule has 0 radical (unpaired) electrons. The molecule has 0 aliphatic heterocycles. The predicted octanol–water partition coefficient (Wildman–Crippen LogP) is -0.878. The SMILES string of the molecule is Nc1ncnc(NC(CO)CCO)c1[N+](=O)[O-]. The van der Waals surface area contributed by atoms with Crippen LogP contribution in [0.3, 0.4) is 0 Å². The standard InChI is InChI=1S/C8H13N5O4/c9-7-6(13(16)17)8(11-4-10-7)12-5(3-15)1-2-14/h4-5,14-15H,1-3H2,(H3,9,10,11,12). The van der Waals surface area contributed by atoms with E-state index in [4.69, 9.17) is 15.9 Å². The molecule has 0 saturated carbocycles. The Kier molecular flexibility index (Phi) is 4.55. The van der Waals surface area contributed by atoms with Crippen molar-refractivity contribution < 1.29 is 15.1 Å². The summed E-state index contributed by atoms with van der Waals surface area (Å²) in [6.07, 6.45) is 1.32. The summed E-state index contributed by atoms with van der Waals surface area (Å²) in [5, 5.41) is 31.1. The van der Waals surface area contributed by atoms with Crippen molar-refractivity contribution >= 4 is 17.3 Å². The van der Waals surface area contributed by atoms with Crippen LogP contribution in [0.1, 0.15) is 6.42 Å². The number of nitro groups is 1. The number of nitrogens with two attached hydrogens (primary N) is 1. The van der Waals surface area contributed by atoms with Gasteiger partial charge in [-0.1, -0.05) is 0 Å². The van der Waals surface area contributed by atoms with Crippen LogP contribution >= 0.6 is 0 Å². The molecule has 94 valence electrons. The average molecular weight is 243 g/mol. The van der Waals surface area contributed by atoms with Gasteiger partial charge in [-0.3, -0.25) is 10.1 Å². The lowest BCUT2D eigenvalue weighted by atomic mass is 10.2. The van der Waals surface area contributed by atoms with E-state index in [1.54, 1.807) is 0 Å². The van der Waals surface area contributed by atoms with E-state index in [9.17, 15) is 10.1 Å². The first-order valence-electron chi connectivity index (χ1n) is 4.83. The summed E-state index contributed by atoms with van der Waals surface area (Å²) in [5.41, 5.74) is 4.93. The second kappa shape index (κ2) is 5.92. The van der Waals surface area contributed by atoms with Crippen molar-refractivity contribution in [1.82, 2.24) is 9.97 Å². The number of nitrogens with one attached hydrogen (secondary N) is 1. The summed E-state index contributed by atoms with van der Waals surface area (Å²) in [5.74, 6) is -0.330. The summed E-state index contributed by atoms with van der Waals surface area (Å²) < 4.78 is 0. The van der Waals surface area contributed by atoms with E-state index in [0.717, 1.165) is 6.33 Å². The molecule has 0 amide bonds. The molecule has 0 aromatic carbocycles. The van der Waals surface area contributed by atoms with Crippen LogP contribution in [0.15, 0.2) is 6.33 Å². The molecule has 0 fully saturated rings. The van der Waals surface area contributed by atoms with Crippen LogP contribution in [-0.4, -0.2) is 44.4 Å². The number of rotatable bonds is 6. The quantitative estimate of drug-likeness (QED) is 0.372. The number of nitrogens with zero attached hydrogens (tertiary/aromatic N) is 3. The highest BCUT2D eigenvalue weighted by atomic mass is 16.6. The van der Waals surface area contributed by atoms with Gasteiger partial charge in [0.05, 0.1) is 17.6 Å². The van der Waals surface area contributed by atoms with Crippen LogP contribution in [0.5, 0.6) is 0 Å². The van der Waals surface area contributed by atoms with Gasteiger partial charge in [-0.15, -0.1) is 0 Å². The Balaban J connectivity index is 2.97. The predicted molar refractivity (Wildman–Crippen MR) is 59.3 cm³/mol. The Bertz CT molecular complexity index is 400. The second-order valence-corrected chi connectivity index (χ2v) is 3.25. The van der Waals surface area contributed by atoms with Gasteiger partial charge in [0.2, 0.25) is 11.6 Å². The molecule has 0 aliphatic rings. The lowest BCUT2D eigenvalue weighted by molar-refractivity contribution is -0.383. The number of aromatic nitrogens is 2. The Morgan fingerprint density at radius 3 is 2.76 bits per heavy atom. The van der Waals surface area contributed by atoms with Crippen molar-refractivity contribution in [3.63, 3.8) is 0 Å². The van der Waals surface area contributed by atoms with E-state index in [-0.39, 0.29) is 31.3 Å². The lowest BCUT2D eigenvalue weighted by Crippen LogP contribution is -2.26. The Morgan fingerprint density at radius 2 is 2.24 bits per heavy atom. The van der Waals surface area contributed by atoms with Crippen molar-refractivity contribution in [3.8, 4) is 0 Å². The van der Waals surface area contributed by atoms with Crippen LogP contribution in [0.2, 0.25) is 0 Å². The van der Waals surface area contributed by atoms with Gasteiger partial charge in [0.15, 0.2) is 0 Å². The van der Waals surface area contributed by atoms with Gasteiger partial charge in [-0.2, -0.15) is 0 Å². The van der Waals surface area contributed by atoms with Crippen molar-refractivity contribution in [2.24, 2.45) is 0 Å². The highest BCUT2D eigenvalue weighted by Crippen LogP contribution is 2.26. The lowest BCUT2D eigenvalue weighted by Gasteiger charge is -2.15. The van der Waals surface area contributed by atoms with Gasteiger partial charge in [0, 0.05) is 6.61 Å². The molecular weight excluding hydrogens is 230 g/mol. The van der Waals surface area contributed by atoms with Crippen molar-refractivity contribution in [3.05, 3.63) is 16.4 Å². The van der Waals surface area contributed by atoms with E-state index < -0.39 is 16.7 Å². The summed E-state index contributed by atoms with van der Waals surface area (Å²) in [7, 11) is 0. The topological polar surface area (TPSA) is 147 Å². The van der Waals surface area contributed by atoms with Crippen molar-refractivity contribution in [2.45, 2.75) is 12.5 Å². The molecule has 9 heteroatoms. The molecule has 0 spiro atoms. The maximum Gasteiger partial charge on any atom is 0.352 e. The van der Waals surface area contributed by atoms with E-state index in [0.29, 0.717) is 0 Å². The first kappa shape index (κ1) is 13.1. The molecule has 9 nitrogen and oxygen atoms in total. The summed E-state index contributed by atoms with van der Waals surface area (Å²) in [4.78, 5) is 17.3.